The highest BCUT2D eigenvalue weighted by atomic mass is 32.2. The van der Waals surface area contributed by atoms with Crippen LogP contribution in [0.4, 0.5) is 0 Å². The predicted octanol–water partition coefficient (Wildman–Crippen LogP) is 0.749. The first-order valence-electron chi connectivity index (χ1n) is 4.68. The molecule has 1 unspecified atom stereocenters. The molecule has 0 radical (unpaired) electrons. The average molecular weight is 207 g/mol. The quantitative estimate of drug-likeness (QED) is 0.691. The third kappa shape index (κ3) is 4.06. The predicted molar refractivity (Wildman–Crippen MR) is 51.3 cm³/mol. The fourth-order valence-corrected chi connectivity index (χ4v) is 2.27. The van der Waals surface area contributed by atoms with Crippen molar-refractivity contribution in [2.24, 2.45) is 0 Å². The van der Waals surface area contributed by atoms with Crippen molar-refractivity contribution in [3.05, 3.63) is 0 Å². The molecule has 0 amide bonds. The van der Waals surface area contributed by atoms with Gasteiger partial charge < -0.3 is 4.90 Å². The van der Waals surface area contributed by atoms with Gasteiger partial charge in [0.1, 0.15) is 0 Å². The molecule has 5 heteroatoms. The molecular formula is C8H17NO3S. The maximum atomic E-state index is 10.4. The molecule has 78 valence electrons. The molecule has 0 bridgehead atoms. The van der Waals surface area contributed by atoms with E-state index in [1.165, 1.54) is 12.8 Å². The molecule has 4 nitrogen and oxygen atoms in total. The number of likely N-dealkylation sites (tertiary alicyclic amines) is 1. The Morgan fingerprint density at radius 1 is 1.54 bits per heavy atom. The lowest BCUT2D eigenvalue weighted by Crippen LogP contribution is -2.29. The summed E-state index contributed by atoms with van der Waals surface area (Å²) in [5.41, 5.74) is 0. The second kappa shape index (κ2) is 4.39. The third-order valence-corrected chi connectivity index (χ3v) is 3.34. The molecule has 1 rings (SSSR count). The van der Waals surface area contributed by atoms with Crippen molar-refractivity contribution in [2.45, 2.75) is 32.2 Å². The zero-order valence-corrected chi connectivity index (χ0v) is 8.76. The Morgan fingerprint density at radius 3 is 2.69 bits per heavy atom. The van der Waals surface area contributed by atoms with Crippen molar-refractivity contribution in [3.8, 4) is 0 Å². The molecule has 0 aliphatic carbocycles. The highest BCUT2D eigenvalue weighted by molar-refractivity contribution is 7.85. The van der Waals surface area contributed by atoms with E-state index in [0.717, 1.165) is 13.1 Å². The summed E-state index contributed by atoms with van der Waals surface area (Å²) in [4.78, 5) is 2.27. The summed E-state index contributed by atoms with van der Waals surface area (Å²) in [5, 5.41) is 0. The molecule has 1 atom stereocenters. The van der Waals surface area contributed by atoms with E-state index in [4.69, 9.17) is 4.55 Å². The molecule has 0 saturated carbocycles. The molecule has 1 N–H and O–H groups in total. The third-order valence-electron chi connectivity index (χ3n) is 2.54. The van der Waals surface area contributed by atoms with Gasteiger partial charge >= 0.3 is 0 Å². The molecule has 0 spiro atoms. The summed E-state index contributed by atoms with van der Waals surface area (Å²) in [6.07, 6.45) is 2.93. The van der Waals surface area contributed by atoms with Crippen LogP contribution in [0, 0.1) is 0 Å². The Hall–Kier alpha value is -0.130. The van der Waals surface area contributed by atoms with Gasteiger partial charge in [-0.05, 0) is 39.3 Å². The second-order valence-corrected chi connectivity index (χ2v) is 5.24. The first-order chi connectivity index (χ1) is 5.99. The van der Waals surface area contributed by atoms with Gasteiger partial charge in [0.2, 0.25) is 0 Å². The summed E-state index contributed by atoms with van der Waals surface area (Å²) in [6.45, 7) is 3.99. The van der Waals surface area contributed by atoms with E-state index in [1.54, 1.807) is 0 Å². The minimum Gasteiger partial charge on any atom is -0.301 e. The molecule has 1 saturated heterocycles. The van der Waals surface area contributed by atoms with Crippen LogP contribution in [0.25, 0.3) is 0 Å². The Kier molecular flexibility index (Phi) is 3.70. The van der Waals surface area contributed by atoms with Crippen LogP contribution in [0.5, 0.6) is 0 Å². The minimum absolute atomic E-state index is 0.115. The summed E-state index contributed by atoms with van der Waals surface area (Å²) < 4.78 is 29.4. The van der Waals surface area contributed by atoms with Gasteiger partial charge in [0.05, 0.1) is 5.75 Å². The summed E-state index contributed by atoms with van der Waals surface area (Å²) in [6, 6.07) is 0.571. The van der Waals surface area contributed by atoms with Gasteiger partial charge in [-0.3, -0.25) is 4.55 Å². The van der Waals surface area contributed by atoms with Crippen LogP contribution in [0.1, 0.15) is 26.2 Å². The topological polar surface area (TPSA) is 57.6 Å². The van der Waals surface area contributed by atoms with E-state index in [2.05, 4.69) is 11.8 Å². The summed E-state index contributed by atoms with van der Waals surface area (Å²) in [7, 11) is -3.76. The van der Waals surface area contributed by atoms with E-state index in [9.17, 15) is 8.42 Å². The van der Waals surface area contributed by atoms with Gasteiger partial charge in [-0.15, -0.1) is 0 Å². The van der Waals surface area contributed by atoms with Gasteiger partial charge in [-0.25, -0.2) is 0 Å². The normalized spacial score (nSPS) is 25.2. The van der Waals surface area contributed by atoms with Crippen LogP contribution < -0.4 is 0 Å². The van der Waals surface area contributed by atoms with Gasteiger partial charge in [0, 0.05) is 6.04 Å². The van der Waals surface area contributed by atoms with E-state index in [-0.39, 0.29) is 5.75 Å². The highest BCUT2D eigenvalue weighted by Crippen LogP contribution is 2.16. The first kappa shape index (κ1) is 10.9. The molecule has 13 heavy (non-hydrogen) atoms. The molecule has 1 aliphatic heterocycles. The zero-order chi connectivity index (χ0) is 9.90. The summed E-state index contributed by atoms with van der Waals surface area (Å²) in [5.74, 6) is -0.115. The smallest absolute Gasteiger partial charge is 0.264 e. The Morgan fingerprint density at radius 2 is 2.23 bits per heavy atom. The van der Waals surface area contributed by atoms with Crippen LogP contribution in [0.3, 0.4) is 0 Å². The van der Waals surface area contributed by atoms with Crippen molar-refractivity contribution >= 4 is 10.1 Å². The van der Waals surface area contributed by atoms with E-state index >= 15 is 0 Å². The van der Waals surface area contributed by atoms with Gasteiger partial charge in [0.15, 0.2) is 0 Å². The van der Waals surface area contributed by atoms with Crippen LogP contribution in [-0.4, -0.2) is 42.8 Å². The molecule has 1 heterocycles. The molecule has 1 aliphatic rings. The fourth-order valence-electron chi connectivity index (χ4n) is 1.77. The molecule has 1 fully saturated rings. The first-order valence-corrected chi connectivity index (χ1v) is 6.29. The Balaban J connectivity index is 2.19. The maximum Gasteiger partial charge on any atom is 0.264 e. The number of hydrogen-bond acceptors (Lipinski definition) is 3. The van der Waals surface area contributed by atoms with Crippen LogP contribution in [0.15, 0.2) is 0 Å². The van der Waals surface area contributed by atoms with Crippen LogP contribution in [0.2, 0.25) is 0 Å². The Labute approximate surface area is 79.7 Å². The maximum absolute atomic E-state index is 10.4. The fraction of sp³-hybridized carbons (Fsp3) is 1.00. The van der Waals surface area contributed by atoms with E-state index < -0.39 is 10.1 Å². The standard InChI is InChI=1S/C8H17NO3S/c1-8-4-2-5-9(8)6-3-7-13(10,11)12/h8H,2-7H2,1H3,(H,10,11,12). The van der Waals surface area contributed by atoms with Crippen molar-refractivity contribution in [1.82, 2.24) is 4.90 Å². The number of hydrogen-bond donors (Lipinski definition) is 1. The summed E-state index contributed by atoms with van der Waals surface area (Å²) >= 11 is 0. The lowest BCUT2D eigenvalue weighted by atomic mass is 10.2. The van der Waals surface area contributed by atoms with Gasteiger partial charge in [-0.2, -0.15) is 8.42 Å². The van der Waals surface area contributed by atoms with Gasteiger partial charge in [-0.1, -0.05) is 0 Å². The van der Waals surface area contributed by atoms with E-state index in [1.807, 2.05) is 0 Å². The zero-order valence-electron chi connectivity index (χ0n) is 7.94. The number of rotatable bonds is 4. The SMILES string of the molecule is CC1CCCN1CCCS(=O)(=O)O. The Bertz CT molecular complexity index is 250. The lowest BCUT2D eigenvalue weighted by molar-refractivity contribution is 0.269. The van der Waals surface area contributed by atoms with Crippen molar-refractivity contribution in [1.29, 1.82) is 0 Å². The highest BCUT2D eigenvalue weighted by Gasteiger charge is 2.19. The average Bonchev–Trinajstić information content (AvgIpc) is 2.34. The van der Waals surface area contributed by atoms with Crippen LogP contribution >= 0.6 is 0 Å². The number of nitrogens with zero attached hydrogens (tertiary/aromatic N) is 1. The minimum atomic E-state index is -3.76. The van der Waals surface area contributed by atoms with Crippen LogP contribution in [-0.2, 0) is 10.1 Å². The monoisotopic (exact) mass is 207 g/mol. The molecule has 0 aromatic heterocycles. The largest absolute Gasteiger partial charge is 0.301 e. The van der Waals surface area contributed by atoms with Gasteiger partial charge in [0.25, 0.3) is 10.1 Å². The second-order valence-electron chi connectivity index (χ2n) is 3.67. The molecular weight excluding hydrogens is 190 g/mol. The van der Waals surface area contributed by atoms with Crippen molar-refractivity contribution in [2.75, 3.05) is 18.8 Å². The lowest BCUT2D eigenvalue weighted by Gasteiger charge is -2.20. The van der Waals surface area contributed by atoms with E-state index in [0.29, 0.717) is 12.5 Å². The molecule has 0 aromatic rings. The van der Waals surface area contributed by atoms with Crippen molar-refractivity contribution < 1.29 is 13.0 Å². The molecule has 0 aromatic carbocycles. The van der Waals surface area contributed by atoms with Crippen molar-refractivity contribution in [3.63, 3.8) is 0 Å².